The zero-order chi connectivity index (χ0) is 30.2. The summed E-state index contributed by atoms with van der Waals surface area (Å²) in [5.41, 5.74) is -4.96. The lowest BCUT2D eigenvalue weighted by Gasteiger charge is -2.45. The summed E-state index contributed by atoms with van der Waals surface area (Å²) in [4.78, 5) is 27.9. The number of amides is 2. The summed E-state index contributed by atoms with van der Waals surface area (Å²) < 4.78 is 96.4. The number of sulfone groups is 1. The molecule has 0 aromatic heterocycles. The van der Waals surface area contributed by atoms with E-state index in [1.54, 1.807) is 13.8 Å². The fraction of sp³-hybridized carbons (Fsp3) is 0.517. The number of nitrogens with one attached hydrogen (secondary N) is 1. The number of carbonyl (C=O) groups is 2. The average molecular weight is 599 g/mol. The predicted molar refractivity (Wildman–Crippen MR) is 140 cm³/mol. The molecule has 1 N–H and O–H groups in total. The molecule has 6 nitrogen and oxygen atoms in total. The molecule has 0 spiro atoms. The third-order valence-electron chi connectivity index (χ3n) is 9.31. The van der Waals surface area contributed by atoms with Crippen LogP contribution in [-0.2, 0) is 36.3 Å². The summed E-state index contributed by atoms with van der Waals surface area (Å²) in [6, 6.07) is 7.57. The van der Waals surface area contributed by atoms with Gasteiger partial charge in [0, 0.05) is 19.0 Å². The number of alkyl halides is 4. The number of aryl methyl sites for hydroxylation is 1. The van der Waals surface area contributed by atoms with Crippen LogP contribution in [0, 0.1) is 17.7 Å². The molecule has 2 aromatic carbocycles. The number of carbonyl (C=O) groups excluding carboxylic acids is 2. The SMILES string of the molecule is CC1(C)C(=O)NCCN1C(=O)[C@@H]1CC[C@@]2(S(=O)(=O)c3ccc(F)cc3)c3ccc(C(C)(F)C(F)(F)F)cc3CC[C@@H]12. The van der Waals surface area contributed by atoms with E-state index in [2.05, 4.69) is 5.32 Å². The maximum atomic E-state index is 14.9. The van der Waals surface area contributed by atoms with Crippen molar-refractivity contribution in [3.8, 4) is 0 Å². The van der Waals surface area contributed by atoms with Crippen LogP contribution in [-0.4, -0.2) is 49.9 Å². The molecule has 12 heteroatoms. The Hall–Kier alpha value is -3.02. The third kappa shape index (κ3) is 4.27. The number of hydrogen-bond acceptors (Lipinski definition) is 4. The number of fused-ring (bicyclic) bond motifs is 3. The first-order valence-corrected chi connectivity index (χ1v) is 14.9. The first-order valence-electron chi connectivity index (χ1n) is 13.5. The normalized spacial score (nSPS) is 27.4. The summed E-state index contributed by atoms with van der Waals surface area (Å²) in [5, 5.41) is 2.73. The predicted octanol–water partition coefficient (Wildman–Crippen LogP) is 4.95. The molecule has 1 saturated heterocycles. The average Bonchev–Trinajstić information content (AvgIpc) is 3.31. The summed E-state index contributed by atoms with van der Waals surface area (Å²) in [6.07, 6.45) is -4.77. The Morgan fingerprint density at radius 1 is 1.05 bits per heavy atom. The molecule has 0 bridgehead atoms. The van der Waals surface area contributed by atoms with Gasteiger partial charge in [0.15, 0.2) is 9.84 Å². The van der Waals surface area contributed by atoms with Gasteiger partial charge in [-0.3, -0.25) is 9.59 Å². The Balaban J connectivity index is 1.66. The largest absolute Gasteiger partial charge is 0.426 e. The van der Waals surface area contributed by atoms with Crippen LogP contribution in [0.5, 0.6) is 0 Å². The van der Waals surface area contributed by atoms with Crippen molar-refractivity contribution in [2.24, 2.45) is 11.8 Å². The lowest BCUT2D eigenvalue weighted by molar-refractivity contribution is -0.228. The number of piperazine rings is 1. The number of benzene rings is 2. The van der Waals surface area contributed by atoms with Crippen molar-refractivity contribution >= 4 is 21.7 Å². The number of rotatable bonds is 4. The molecule has 222 valence electrons. The van der Waals surface area contributed by atoms with Gasteiger partial charge in [-0.15, -0.1) is 0 Å². The maximum Gasteiger partial charge on any atom is 0.426 e. The molecule has 1 heterocycles. The van der Waals surface area contributed by atoms with Crippen molar-refractivity contribution in [1.82, 2.24) is 10.2 Å². The van der Waals surface area contributed by atoms with Gasteiger partial charge in [-0.05, 0) is 93.3 Å². The second-order valence-corrected chi connectivity index (χ2v) is 14.0. The fourth-order valence-corrected chi connectivity index (χ4v) is 9.38. The van der Waals surface area contributed by atoms with Gasteiger partial charge in [0.2, 0.25) is 17.5 Å². The molecule has 2 amide bonds. The molecule has 2 aromatic rings. The standard InChI is InChI=1S/C29H31F5N2O4S/c1-26(2)25(38)35-14-15-36(26)24(37)21-12-13-28(41(39,40)20-8-6-19(30)7-9-20)22-11-5-18(27(3,31)29(32,33)34)16-17(22)4-10-23(21)28/h5-9,11,16,21,23H,4,10,12-15H2,1-3H3,(H,35,38)/t21-,23+,27?,28-/m1/s1. The molecule has 2 fully saturated rings. The topological polar surface area (TPSA) is 83.6 Å². The Kier molecular flexibility index (Phi) is 6.83. The minimum atomic E-state index is -5.19. The van der Waals surface area contributed by atoms with Crippen molar-refractivity contribution in [2.45, 2.75) is 73.5 Å². The highest BCUT2D eigenvalue weighted by molar-refractivity contribution is 7.92. The van der Waals surface area contributed by atoms with Crippen LogP contribution >= 0.6 is 0 Å². The summed E-state index contributed by atoms with van der Waals surface area (Å²) >= 11 is 0. The second-order valence-electron chi connectivity index (χ2n) is 11.8. The van der Waals surface area contributed by atoms with Crippen LogP contribution in [0.3, 0.4) is 0 Å². The number of hydrogen-bond donors (Lipinski definition) is 1. The van der Waals surface area contributed by atoms with Crippen LogP contribution in [0.4, 0.5) is 22.0 Å². The molecule has 0 radical (unpaired) electrons. The smallest absolute Gasteiger partial charge is 0.352 e. The molecule has 2 aliphatic carbocycles. The zero-order valence-electron chi connectivity index (χ0n) is 22.8. The summed E-state index contributed by atoms with van der Waals surface area (Å²) in [7, 11) is -4.34. The first kappa shape index (κ1) is 29.5. The van der Waals surface area contributed by atoms with Gasteiger partial charge >= 0.3 is 6.18 Å². The van der Waals surface area contributed by atoms with E-state index in [0.29, 0.717) is 6.92 Å². The van der Waals surface area contributed by atoms with Crippen molar-refractivity contribution in [3.05, 3.63) is 65.0 Å². The Morgan fingerprint density at radius 3 is 2.34 bits per heavy atom. The van der Waals surface area contributed by atoms with Crippen LogP contribution in [0.1, 0.15) is 56.7 Å². The molecular formula is C29H31F5N2O4S. The quantitative estimate of drug-likeness (QED) is 0.399. The van der Waals surface area contributed by atoms with Gasteiger partial charge in [0.25, 0.3) is 0 Å². The number of halogens is 5. The molecule has 4 atom stereocenters. The third-order valence-corrected chi connectivity index (χ3v) is 11.9. The monoisotopic (exact) mass is 598 g/mol. The molecule has 3 aliphatic rings. The van der Waals surface area contributed by atoms with Crippen LogP contribution in [0.2, 0.25) is 0 Å². The van der Waals surface area contributed by atoms with Gasteiger partial charge in [-0.2, -0.15) is 13.2 Å². The summed E-state index contributed by atoms with van der Waals surface area (Å²) in [5.74, 6) is -2.90. The van der Waals surface area contributed by atoms with E-state index >= 15 is 0 Å². The van der Waals surface area contributed by atoms with Gasteiger partial charge in [0.05, 0.1) is 4.90 Å². The van der Waals surface area contributed by atoms with E-state index in [4.69, 9.17) is 0 Å². The van der Waals surface area contributed by atoms with Crippen LogP contribution in [0.25, 0.3) is 0 Å². The highest BCUT2D eigenvalue weighted by Crippen LogP contribution is 2.60. The fourth-order valence-electron chi connectivity index (χ4n) is 6.91. The molecule has 41 heavy (non-hydrogen) atoms. The highest BCUT2D eigenvalue weighted by Gasteiger charge is 2.63. The van der Waals surface area contributed by atoms with E-state index in [1.807, 2.05) is 0 Å². The van der Waals surface area contributed by atoms with Crippen LogP contribution < -0.4 is 5.32 Å². The minimum absolute atomic E-state index is 0.0211. The van der Waals surface area contributed by atoms with Crippen molar-refractivity contribution in [1.29, 1.82) is 0 Å². The molecule has 1 unspecified atom stereocenters. The van der Waals surface area contributed by atoms with E-state index in [0.717, 1.165) is 36.4 Å². The van der Waals surface area contributed by atoms with Gasteiger partial charge in [-0.1, -0.05) is 18.2 Å². The number of nitrogens with zero attached hydrogens (tertiary/aromatic N) is 1. The first-order chi connectivity index (χ1) is 19.0. The lowest BCUT2D eigenvalue weighted by atomic mass is 9.72. The lowest BCUT2D eigenvalue weighted by Crippen LogP contribution is -2.64. The van der Waals surface area contributed by atoms with E-state index < -0.39 is 55.2 Å². The van der Waals surface area contributed by atoms with E-state index in [9.17, 15) is 40.0 Å². The van der Waals surface area contributed by atoms with Gasteiger partial charge in [0.1, 0.15) is 16.1 Å². The Morgan fingerprint density at radius 2 is 1.71 bits per heavy atom. The molecular weight excluding hydrogens is 567 g/mol. The van der Waals surface area contributed by atoms with Gasteiger partial charge in [-0.25, -0.2) is 17.2 Å². The molecule has 1 aliphatic heterocycles. The van der Waals surface area contributed by atoms with E-state index in [-0.39, 0.29) is 66.6 Å². The summed E-state index contributed by atoms with van der Waals surface area (Å²) in [6.45, 7) is 4.14. The van der Waals surface area contributed by atoms with Gasteiger partial charge < -0.3 is 10.2 Å². The van der Waals surface area contributed by atoms with Crippen molar-refractivity contribution in [2.75, 3.05) is 13.1 Å². The Labute approximate surface area is 235 Å². The molecule has 5 rings (SSSR count). The van der Waals surface area contributed by atoms with Crippen molar-refractivity contribution < 1.29 is 40.0 Å². The zero-order valence-corrected chi connectivity index (χ0v) is 23.6. The molecule has 1 saturated carbocycles. The maximum absolute atomic E-state index is 14.9. The highest BCUT2D eigenvalue weighted by atomic mass is 32.2. The minimum Gasteiger partial charge on any atom is -0.352 e. The van der Waals surface area contributed by atoms with E-state index in [1.165, 1.54) is 11.0 Å². The van der Waals surface area contributed by atoms with Crippen molar-refractivity contribution in [3.63, 3.8) is 0 Å². The van der Waals surface area contributed by atoms with Crippen LogP contribution in [0.15, 0.2) is 47.4 Å². The second kappa shape index (κ2) is 9.50. The Bertz CT molecular complexity index is 1500.